The quantitative estimate of drug-likeness (QED) is 0.630. The zero-order valence-corrected chi connectivity index (χ0v) is 21.2. The Bertz CT molecular complexity index is 996. The molecule has 4 bridgehead atoms. The number of aryl methyl sites for hydroxylation is 1. The van der Waals surface area contributed by atoms with Crippen molar-refractivity contribution in [2.45, 2.75) is 102 Å². The van der Waals surface area contributed by atoms with Crippen LogP contribution in [-0.4, -0.2) is 65.8 Å². The van der Waals surface area contributed by atoms with E-state index in [4.69, 9.17) is 0 Å². The van der Waals surface area contributed by atoms with Crippen LogP contribution in [0.4, 0.5) is 5.82 Å². The third-order valence-electron chi connectivity index (χ3n) is 8.42. The fourth-order valence-electron chi connectivity index (χ4n) is 7.16. The molecule has 1 amide bonds. The number of carbonyl (C=O) groups is 1. The van der Waals surface area contributed by atoms with Gasteiger partial charge in [0, 0.05) is 36.9 Å². The van der Waals surface area contributed by atoms with E-state index in [1.54, 1.807) is 12.1 Å². The first kappa shape index (κ1) is 23.1. The van der Waals surface area contributed by atoms with Gasteiger partial charge in [0.2, 0.25) is 15.9 Å². The molecule has 182 valence electrons. The van der Waals surface area contributed by atoms with E-state index in [1.165, 1.54) is 10.7 Å². The van der Waals surface area contributed by atoms with E-state index in [-0.39, 0.29) is 16.8 Å². The Morgan fingerprint density at radius 3 is 2.33 bits per heavy atom. The van der Waals surface area contributed by atoms with Gasteiger partial charge in [0.1, 0.15) is 16.8 Å². The first-order valence-electron chi connectivity index (χ1n) is 12.8. The maximum absolute atomic E-state index is 14.0. The van der Waals surface area contributed by atoms with Gasteiger partial charge in [0.25, 0.3) is 0 Å². The van der Waals surface area contributed by atoms with Gasteiger partial charge in [0.15, 0.2) is 0 Å². The number of amides is 1. The molecule has 5 fully saturated rings. The topological polar surface area (TPSA) is 73.8 Å². The van der Waals surface area contributed by atoms with Crippen molar-refractivity contribution >= 4 is 21.7 Å². The second-order valence-electron chi connectivity index (χ2n) is 10.9. The molecule has 4 heterocycles. The van der Waals surface area contributed by atoms with Crippen LogP contribution < -0.4 is 4.90 Å². The lowest BCUT2D eigenvalue weighted by Gasteiger charge is -2.57. The molecular formula is C25H38N4O3S. The van der Waals surface area contributed by atoms with Crippen molar-refractivity contribution in [1.82, 2.24) is 14.2 Å². The van der Waals surface area contributed by atoms with Crippen molar-refractivity contribution in [3.05, 3.63) is 17.8 Å². The zero-order valence-electron chi connectivity index (χ0n) is 20.4. The Morgan fingerprint density at radius 1 is 1.12 bits per heavy atom. The van der Waals surface area contributed by atoms with Gasteiger partial charge in [-0.05, 0) is 96.6 Å². The number of piperidine rings is 2. The molecule has 2 aliphatic carbocycles. The fraction of sp³-hybridized carbons (Fsp3) is 0.760. The lowest BCUT2D eigenvalue weighted by atomic mass is 9.63. The van der Waals surface area contributed by atoms with Gasteiger partial charge in [-0.25, -0.2) is 13.4 Å². The molecule has 5 aliphatic rings. The Morgan fingerprint density at radius 2 is 1.76 bits per heavy atom. The van der Waals surface area contributed by atoms with Crippen LogP contribution in [0.25, 0.3) is 0 Å². The summed E-state index contributed by atoms with van der Waals surface area (Å²) in [5, 5.41) is 0. The van der Waals surface area contributed by atoms with Crippen LogP contribution in [0.2, 0.25) is 0 Å². The number of sulfonamides is 1. The van der Waals surface area contributed by atoms with Crippen molar-refractivity contribution in [1.29, 1.82) is 0 Å². The minimum absolute atomic E-state index is 0.0442. The lowest BCUT2D eigenvalue weighted by molar-refractivity contribution is -0.152. The molecule has 7 nitrogen and oxygen atoms in total. The standard InChI is InChI=1S/C25H38N4O3S/c1-5-27(16(2)3)24-23(9-8-17(4)26-24)33(31,32)28-10-6-7-22(28)25(30)29-20-12-18-11-19(14-20)15-21(29)13-18/h8-9,16,18-22H,5-7,10-15H2,1-4H3/t18?,19?,20?,21?,22-/m0/s1. The molecule has 6 rings (SSSR count). The van der Waals surface area contributed by atoms with E-state index in [1.807, 2.05) is 32.6 Å². The number of carbonyl (C=O) groups excluding carboxylic acids is 1. The maximum atomic E-state index is 14.0. The molecule has 0 spiro atoms. The average Bonchev–Trinajstić information content (AvgIpc) is 3.24. The van der Waals surface area contributed by atoms with Crippen molar-refractivity contribution in [3.8, 4) is 0 Å². The summed E-state index contributed by atoms with van der Waals surface area (Å²) in [4.78, 5) is 22.9. The summed E-state index contributed by atoms with van der Waals surface area (Å²) in [6.45, 7) is 9.06. The fourth-order valence-corrected chi connectivity index (χ4v) is 8.95. The van der Waals surface area contributed by atoms with Crippen LogP contribution in [-0.2, 0) is 14.8 Å². The highest BCUT2D eigenvalue weighted by Crippen LogP contribution is 2.49. The summed E-state index contributed by atoms with van der Waals surface area (Å²) in [5.41, 5.74) is 0.789. The second-order valence-corrected chi connectivity index (χ2v) is 12.8. The molecule has 0 aromatic carbocycles. The third-order valence-corrected chi connectivity index (χ3v) is 10.3. The predicted molar refractivity (Wildman–Crippen MR) is 129 cm³/mol. The highest BCUT2D eigenvalue weighted by atomic mass is 32.2. The van der Waals surface area contributed by atoms with E-state index in [0.717, 1.165) is 49.6 Å². The van der Waals surface area contributed by atoms with Crippen LogP contribution in [0.15, 0.2) is 17.0 Å². The van der Waals surface area contributed by atoms with Crippen molar-refractivity contribution in [3.63, 3.8) is 0 Å². The van der Waals surface area contributed by atoms with Crippen LogP contribution in [0, 0.1) is 18.8 Å². The molecule has 3 aliphatic heterocycles. The minimum atomic E-state index is -3.85. The van der Waals surface area contributed by atoms with Gasteiger partial charge in [0.05, 0.1) is 0 Å². The first-order chi connectivity index (χ1) is 15.7. The van der Waals surface area contributed by atoms with Crippen molar-refractivity contribution in [2.24, 2.45) is 11.8 Å². The Labute approximate surface area is 198 Å². The molecule has 1 atom stereocenters. The number of rotatable bonds is 6. The average molecular weight is 475 g/mol. The normalized spacial score (nSPS) is 31.5. The monoisotopic (exact) mass is 474 g/mol. The van der Waals surface area contributed by atoms with Crippen LogP contribution in [0.1, 0.15) is 71.4 Å². The van der Waals surface area contributed by atoms with Crippen LogP contribution in [0.5, 0.6) is 0 Å². The molecule has 1 aromatic heterocycles. The first-order valence-corrected chi connectivity index (χ1v) is 14.2. The van der Waals surface area contributed by atoms with Gasteiger partial charge in [-0.15, -0.1) is 0 Å². The van der Waals surface area contributed by atoms with E-state index in [0.29, 0.717) is 37.4 Å². The summed E-state index contributed by atoms with van der Waals surface area (Å²) >= 11 is 0. The summed E-state index contributed by atoms with van der Waals surface area (Å²) < 4.78 is 29.5. The predicted octanol–water partition coefficient (Wildman–Crippen LogP) is 3.57. The van der Waals surface area contributed by atoms with Gasteiger partial charge in [-0.2, -0.15) is 4.31 Å². The highest BCUT2D eigenvalue weighted by Gasteiger charge is 2.52. The molecule has 3 saturated heterocycles. The van der Waals surface area contributed by atoms with E-state index >= 15 is 0 Å². The van der Waals surface area contributed by atoms with E-state index < -0.39 is 16.1 Å². The zero-order chi connectivity index (χ0) is 23.5. The molecule has 0 N–H and O–H groups in total. The van der Waals surface area contributed by atoms with Crippen LogP contribution in [0.3, 0.4) is 0 Å². The van der Waals surface area contributed by atoms with Gasteiger partial charge >= 0.3 is 0 Å². The second kappa shape index (κ2) is 8.52. The van der Waals surface area contributed by atoms with E-state index in [9.17, 15) is 13.2 Å². The number of aromatic nitrogens is 1. The number of anilines is 1. The third kappa shape index (κ3) is 3.87. The van der Waals surface area contributed by atoms with Gasteiger partial charge < -0.3 is 9.80 Å². The number of hydrogen-bond acceptors (Lipinski definition) is 5. The highest BCUT2D eigenvalue weighted by molar-refractivity contribution is 7.89. The maximum Gasteiger partial charge on any atom is 0.247 e. The van der Waals surface area contributed by atoms with Crippen molar-refractivity contribution in [2.75, 3.05) is 18.0 Å². The Hall–Kier alpha value is -1.67. The van der Waals surface area contributed by atoms with E-state index in [2.05, 4.69) is 9.88 Å². The largest absolute Gasteiger partial charge is 0.353 e. The summed E-state index contributed by atoms with van der Waals surface area (Å²) in [6.07, 6.45) is 7.06. The summed E-state index contributed by atoms with van der Waals surface area (Å²) in [5.74, 6) is 2.07. The smallest absolute Gasteiger partial charge is 0.247 e. The summed E-state index contributed by atoms with van der Waals surface area (Å²) in [6, 6.07) is 3.60. The van der Waals surface area contributed by atoms with Crippen molar-refractivity contribution < 1.29 is 13.2 Å². The number of nitrogens with zero attached hydrogens (tertiary/aromatic N) is 4. The van der Waals surface area contributed by atoms with Gasteiger partial charge in [-0.3, -0.25) is 4.79 Å². The van der Waals surface area contributed by atoms with Crippen LogP contribution >= 0.6 is 0 Å². The molecule has 2 saturated carbocycles. The SMILES string of the molecule is CCN(c1nc(C)ccc1S(=O)(=O)N1CCC[C@H]1C(=O)N1C2CC3CC(C2)CC1C3)C(C)C. The molecule has 8 heteroatoms. The Kier molecular flexibility index (Phi) is 5.96. The number of pyridine rings is 1. The molecule has 33 heavy (non-hydrogen) atoms. The molecule has 0 radical (unpaired) electrons. The molecule has 1 aromatic rings. The minimum Gasteiger partial charge on any atom is -0.353 e. The molecular weight excluding hydrogens is 436 g/mol. The summed E-state index contributed by atoms with van der Waals surface area (Å²) in [7, 11) is -3.85. The lowest BCUT2D eigenvalue weighted by Crippen LogP contribution is -2.63. The number of hydrogen-bond donors (Lipinski definition) is 0. The molecule has 0 unspecified atom stereocenters. The van der Waals surface area contributed by atoms with Gasteiger partial charge in [-0.1, -0.05) is 0 Å². The Balaban J connectivity index is 1.46.